The van der Waals surface area contributed by atoms with Crippen molar-refractivity contribution in [1.82, 2.24) is 0 Å². The second-order valence-corrected chi connectivity index (χ2v) is 2.30. The molecule has 0 bridgehead atoms. The summed E-state index contributed by atoms with van der Waals surface area (Å²) in [5.74, 6) is 4.90. The number of rotatable bonds is 2. The molecule has 0 saturated carbocycles. The number of hydrogen-bond acceptors (Lipinski definition) is 2. The SMILES string of the molecule is Cc1ccc(CON)cc1.Cl. The van der Waals surface area contributed by atoms with Crippen LogP contribution in [0.3, 0.4) is 0 Å². The Labute approximate surface area is 72.7 Å². The van der Waals surface area contributed by atoms with Crippen LogP contribution in [0.25, 0.3) is 0 Å². The zero-order valence-electron chi connectivity index (χ0n) is 6.41. The molecule has 0 aliphatic heterocycles. The van der Waals surface area contributed by atoms with E-state index in [4.69, 9.17) is 5.90 Å². The summed E-state index contributed by atoms with van der Waals surface area (Å²) in [5.41, 5.74) is 2.36. The van der Waals surface area contributed by atoms with Gasteiger partial charge in [0.15, 0.2) is 0 Å². The van der Waals surface area contributed by atoms with Crippen molar-refractivity contribution in [3.8, 4) is 0 Å². The van der Waals surface area contributed by atoms with Crippen molar-refractivity contribution in [2.45, 2.75) is 13.5 Å². The summed E-state index contributed by atoms with van der Waals surface area (Å²) in [5, 5.41) is 0. The van der Waals surface area contributed by atoms with E-state index in [1.165, 1.54) is 5.56 Å². The van der Waals surface area contributed by atoms with Crippen LogP contribution in [0, 0.1) is 6.92 Å². The number of aryl methyl sites for hydroxylation is 1. The Bertz CT molecular complexity index is 198. The van der Waals surface area contributed by atoms with Crippen LogP contribution in [-0.2, 0) is 11.4 Å². The van der Waals surface area contributed by atoms with E-state index in [1.54, 1.807) is 0 Å². The molecule has 0 atom stereocenters. The largest absolute Gasteiger partial charge is 0.300 e. The van der Waals surface area contributed by atoms with Gasteiger partial charge in [0, 0.05) is 0 Å². The van der Waals surface area contributed by atoms with Gasteiger partial charge in [-0.3, -0.25) is 4.84 Å². The first-order chi connectivity index (χ1) is 4.83. The van der Waals surface area contributed by atoms with E-state index in [1.807, 2.05) is 31.2 Å². The lowest BCUT2D eigenvalue weighted by Crippen LogP contribution is -1.98. The molecule has 0 heterocycles. The molecule has 1 rings (SSSR count). The van der Waals surface area contributed by atoms with Gasteiger partial charge in [-0.05, 0) is 12.5 Å². The van der Waals surface area contributed by atoms with Crippen LogP contribution in [0.4, 0.5) is 0 Å². The van der Waals surface area contributed by atoms with Crippen molar-refractivity contribution in [1.29, 1.82) is 0 Å². The highest BCUT2D eigenvalue weighted by atomic mass is 35.5. The average molecular weight is 174 g/mol. The van der Waals surface area contributed by atoms with E-state index in [0.29, 0.717) is 6.61 Å². The van der Waals surface area contributed by atoms with Crippen molar-refractivity contribution in [2.75, 3.05) is 0 Å². The maximum atomic E-state index is 4.90. The fourth-order valence-electron chi connectivity index (χ4n) is 0.781. The standard InChI is InChI=1S/C8H11NO.ClH/c1-7-2-4-8(5-3-7)6-10-9;/h2-5H,6,9H2,1H3;1H. The van der Waals surface area contributed by atoms with Crippen LogP contribution >= 0.6 is 12.4 Å². The van der Waals surface area contributed by atoms with Crippen LogP contribution in [0.1, 0.15) is 11.1 Å². The third-order valence-electron chi connectivity index (χ3n) is 1.37. The van der Waals surface area contributed by atoms with Crippen LogP contribution < -0.4 is 5.90 Å². The minimum Gasteiger partial charge on any atom is -0.300 e. The lowest BCUT2D eigenvalue weighted by atomic mass is 10.2. The van der Waals surface area contributed by atoms with Gasteiger partial charge >= 0.3 is 0 Å². The summed E-state index contributed by atoms with van der Waals surface area (Å²) >= 11 is 0. The van der Waals surface area contributed by atoms with E-state index >= 15 is 0 Å². The molecular weight excluding hydrogens is 162 g/mol. The highest BCUT2D eigenvalue weighted by molar-refractivity contribution is 5.85. The van der Waals surface area contributed by atoms with Crippen molar-refractivity contribution >= 4 is 12.4 Å². The molecule has 0 spiro atoms. The number of hydrogen-bond donors (Lipinski definition) is 1. The average Bonchev–Trinajstić information content (AvgIpc) is 1.95. The molecule has 3 heteroatoms. The molecular formula is C8H12ClNO. The van der Waals surface area contributed by atoms with E-state index in [2.05, 4.69) is 4.84 Å². The summed E-state index contributed by atoms with van der Waals surface area (Å²) in [4.78, 5) is 4.47. The highest BCUT2D eigenvalue weighted by Gasteiger charge is 1.88. The number of benzene rings is 1. The maximum Gasteiger partial charge on any atom is 0.0930 e. The lowest BCUT2D eigenvalue weighted by Gasteiger charge is -1.97. The minimum atomic E-state index is 0. The summed E-state index contributed by atoms with van der Waals surface area (Å²) in [6, 6.07) is 8.08. The Kier molecular flexibility index (Phi) is 4.86. The van der Waals surface area contributed by atoms with E-state index in [-0.39, 0.29) is 12.4 Å². The molecule has 0 saturated heterocycles. The van der Waals surface area contributed by atoms with Crippen molar-refractivity contribution < 1.29 is 4.84 Å². The van der Waals surface area contributed by atoms with Crippen LogP contribution in [-0.4, -0.2) is 0 Å². The Morgan fingerprint density at radius 3 is 2.27 bits per heavy atom. The predicted molar refractivity (Wildman–Crippen MR) is 47.4 cm³/mol. The first kappa shape index (κ1) is 10.4. The monoisotopic (exact) mass is 173 g/mol. The van der Waals surface area contributed by atoms with Crippen molar-refractivity contribution in [2.24, 2.45) is 5.90 Å². The van der Waals surface area contributed by atoms with Crippen molar-refractivity contribution in [3.63, 3.8) is 0 Å². The second kappa shape index (κ2) is 5.13. The molecule has 0 aromatic heterocycles. The molecule has 0 amide bonds. The first-order valence-electron chi connectivity index (χ1n) is 3.20. The molecule has 62 valence electrons. The molecule has 2 nitrogen and oxygen atoms in total. The Morgan fingerprint density at radius 2 is 1.82 bits per heavy atom. The quantitative estimate of drug-likeness (QED) is 0.693. The number of halogens is 1. The van der Waals surface area contributed by atoms with Gasteiger partial charge in [-0.25, -0.2) is 5.90 Å². The van der Waals surface area contributed by atoms with Gasteiger partial charge < -0.3 is 0 Å². The van der Waals surface area contributed by atoms with Crippen molar-refractivity contribution in [3.05, 3.63) is 35.4 Å². The fraction of sp³-hybridized carbons (Fsp3) is 0.250. The van der Waals surface area contributed by atoms with Gasteiger partial charge in [-0.1, -0.05) is 29.8 Å². The molecule has 0 fully saturated rings. The summed E-state index contributed by atoms with van der Waals surface area (Å²) < 4.78 is 0. The van der Waals surface area contributed by atoms with E-state index < -0.39 is 0 Å². The zero-order valence-corrected chi connectivity index (χ0v) is 7.23. The summed E-state index contributed by atoms with van der Waals surface area (Å²) in [7, 11) is 0. The highest BCUT2D eigenvalue weighted by Crippen LogP contribution is 2.02. The third kappa shape index (κ3) is 3.37. The van der Waals surface area contributed by atoms with Crippen LogP contribution in [0.2, 0.25) is 0 Å². The second-order valence-electron chi connectivity index (χ2n) is 2.30. The smallest absolute Gasteiger partial charge is 0.0930 e. The minimum absolute atomic E-state index is 0. The Morgan fingerprint density at radius 1 is 1.27 bits per heavy atom. The molecule has 0 radical (unpaired) electrons. The summed E-state index contributed by atoms with van der Waals surface area (Å²) in [6.07, 6.45) is 0. The topological polar surface area (TPSA) is 35.2 Å². The van der Waals surface area contributed by atoms with Gasteiger partial charge in [-0.2, -0.15) is 0 Å². The maximum absolute atomic E-state index is 4.90. The molecule has 1 aromatic carbocycles. The summed E-state index contributed by atoms with van der Waals surface area (Å²) in [6.45, 7) is 2.54. The molecule has 0 unspecified atom stereocenters. The van der Waals surface area contributed by atoms with E-state index in [0.717, 1.165) is 5.56 Å². The fourth-order valence-corrected chi connectivity index (χ4v) is 0.781. The Balaban J connectivity index is 0.000001000. The molecule has 0 aliphatic rings. The molecule has 0 aliphatic carbocycles. The van der Waals surface area contributed by atoms with Gasteiger partial charge in [0.2, 0.25) is 0 Å². The Hall–Kier alpha value is -0.570. The van der Waals surface area contributed by atoms with Gasteiger partial charge in [0.05, 0.1) is 6.61 Å². The van der Waals surface area contributed by atoms with Gasteiger partial charge in [0.1, 0.15) is 0 Å². The molecule has 2 N–H and O–H groups in total. The van der Waals surface area contributed by atoms with Crippen LogP contribution in [0.5, 0.6) is 0 Å². The third-order valence-corrected chi connectivity index (χ3v) is 1.37. The number of nitrogens with two attached hydrogens (primary N) is 1. The van der Waals surface area contributed by atoms with Gasteiger partial charge in [-0.15, -0.1) is 12.4 Å². The molecule has 1 aromatic rings. The normalized spacial score (nSPS) is 8.91. The first-order valence-corrected chi connectivity index (χ1v) is 3.20. The van der Waals surface area contributed by atoms with Gasteiger partial charge in [0.25, 0.3) is 0 Å². The predicted octanol–water partition coefficient (Wildman–Crippen LogP) is 1.81. The van der Waals surface area contributed by atoms with E-state index in [9.17, 15) is 0 Å². The zero-order chi connectivity index (χ0) is 7.40. The molecule has 11 heavy (non-hydrogen) atoms. The van der Waals surface area contributed by atoms with Crippen LogP contribution in [0.15, 0.2) is 24.3 Å². The lowest BCUT2D eigenvalue weighted by molar-refractivity contribution is 0.124.